The van der Waals surface area contributed by atoms with Crippen molar-refractivity contribution in [3.8, 4) is 0 Å². The van der Waals surface area contributed by atoms with Gasteiger partial charge in [0.1, 0.15) is 5.78 Å². The fourth-order valence-corrected chi connectivity index (χ4v) is 2.34. The Labute approximate surface area is 93.5 Å². The molecular weight excluding hydrogens is 218 g/mol. The van der Waals surface area contributed by atoms with Crippen LogP contribution in [0.1, 0.15) is 18.2 Å². The standard InChI is InChI=1S/C10H14ClNOS/c1-3-8(13)6-12(2)7-9-4-5-10(11)14-9/h4-5H,3,6-7H2,1-2H3. The molecule has 0 spiro atoms. The average Bonchev–Trinajstić information content (AvgIpc) is 2.50. The van der Waals surface area contributed by atoms with E-state index in [0.29, 0.717) is 13.0 Å². The van der Waals surface area contributed by atoms with Gasteiger partial charge in [-0.25, -0.2) is 0 Å². The SMILES string of the molecule is CCC(=O)CN(C)Cc1ccc(Cl)s1. The topological polar surface area (TPSA) is 20.3 Å². The molecule has 1 heterocycles. The van der Waals surface area contributed by atoms with Crippen molar-refractivity contribution >= 4 is 28.7 Å². The van der Waals surface area contributed by atoms with E-state index in [1.54, 1.807) is 11.3 Å². The first-order valence-electron chi connectivity index (χ1n) is 4.56. The zero-order chi connectivity index (χ0) is 10.6. The summed E-state index contributed by atoms with van der Waals surface area (Å²) in [4.78, 5) is 14.4. The molecule has 0 aliphatic rings. The minimum atomic E-state index is 0.273. The maximum Gasteiger partial charge on any atom is 0.146 e. The molecular formula is C10H14ClNOS. The van der Waals surface area contributed by atoms with E-state index < -0.39 is 0 Å². The quantitative estimate of drug-likeness (QED) is 0.777. The highest BCUT2D eigenvalue weighted by molar-refractivity contribution is 7.16. The molecule has 1 aromatic rings. The number of hydrogen-bond donors (Lipinski definition) is 0. The van der Waals surface area contributed by atoms with Crippen molar-refractivity contribution in [1.29, 1.82) is 0 Å². The van der Waals surface area contributed by atoms with E-state index in [-0.39, 0.29) is 5.78 Å². The largest absolute Gasteiger partial charge is 0.298 e. The van der Waals surface area contributed by atoms with Crippen LogP contribution in [0, 0.1) is 0 Å². The predicted molar refractivity (Wildman–Crippen MR) is 61.0 cm³/mol. The number of carbonyl (C=O) groups is 1. The van der Waals surface area contributed by atoms with Gasteiger partial charge in [0.2, 0.25) is 0 Å². The third-order valence-corrected chi connectivity index (χ3v) is 3.11. The van der Waals surface area contributed by atoms with Crippen LogP contribution in [0.15, 0.2) is 12.1 Å². The van der Waals surface area contributed by atoms with Crippen molar-refractivity contribution < 1.29 is 4.79 Å². The van der Waals surface area contributed by atoms with Gasteiger partial charge in [-0.15, -0.1) is 11.3 Å². The first-order valence-corrected chi connectivity index (χ1v) is 5.75. The van der Waals surface area contributed by atoms with Gasteiger partial charge >= 0.3 is 0 Å². The van der Waals surface area contributed by atoms with Crippen LogP contribution in [-0.2, 0) is 11.3 Å². The summed E-state index contributed by atoms with van der Waals surface area (Å²) in [6, 6.07) is 3.89. The summed E-state index contributed by atoms with van der Waals surface area (Å²) in [5.74, 6) is 0.273. The number of Topliss-reactive ketones (excluding diaryl/α,β-unsaturated/α-hetero) is 1. The molecule has 0 unspecified atom stereocenters. The fraction of sp³-hybridized carbons (Fsp3) is 0.500. The second-order valence-electron chi connectivity index (χ2n) is 3.27. The molecule has 0 bridgehead atoms. The van der Waals surface area contributed by atoms with E-state index in [1.165, 1.54) is 4.88 Å². The van der Waals surface area contributed by atoms with E-state index in [1.807, 2.05) is 31.0 Å². The fourth-order valence-electron chi connectivity index (χ4n) is 1.17. The van der Waals surface area contributed by atoms with Gasteiger partial charge in [0.05, 0.1) is 10.9 Å². The predicted octanol–water partition coefficient (Wildman–Crippen LogP) is 2.81. The second-order valence-corrected chi connectivity index (χ2v) is 5.07. The molecule has 4 heteroatoms. The summed E-state index contributed by atoms with van der Waals surface area (Å²) in [6.07, 6.45) is 0.607. The molecule has 1 rings (SSSR count). The molecule has 0 atom stereocenters. The lowest BCUT2D eigenvalue weighted by Gasteiger charge is -2.13. The lowest BCUT2D eigenvalue weighted by molar-refractivity contribution is -0.119. The third-order valence-electron chi connectivity index (χ3n) is 1.90. The van der Waals surface area contributed by atoms with Gasteiger partial charge < -0.3 is 0 Å². The summed E-state index contributed by atoms with van der Waals surface area (Å²) in [5.41, 5.74) is 0. The Kier molecular flexibility index (Phi) is 4.58. The molecule has 0 saturated heterocycles. The third kappa shape index (κ3) is 3.78. The minimum absolute atomic E-state index is 0.273. The smallest absolute Gasteiger partial charge is 0.146 e. The van der Waals surface area contributed by atoms with Gasteiger partial charge in [0.25, 0.3) is 0 Å². The molecule has 14 heavy (non-hydrogen) atoms. The molecule has 0 fully saturated rings. The number of nitrogens with zero attached hydrogens (tertiary/aromatic N) is 1. The van der Waals surface area contributed by atoms with Crippen LogP contribution in [0.4, 0.5) is 0 Å². The molecule has 0 amide bonds. The first kappa shape index (κ1) is 11.7. The van der Waals surface area contributed by atoms with Gasteiger partial charge in [0.15, 0.2) is 0 Å². The van der Waals surface area contributed by atoms with Crippen LogP contribution in [0.25, 0.3) is 0 Å². The van der Waals surface area contributed by atoms with Crippen molar-refractivity contribution in [2.45, 2.75) is 19.9 Å². The highest BCUT2D eigenvalue weighted by Crippen LogP contribution is 2.22. The Morgan fingerprint density at radius 3 is 2.79 bits per heavy atom. The van der Waals surface area contributed by atoms with E-state index in [2.05, 4.69) is 0 Å². The number of hydrogen-bond acceptors (Lipinski definition) is 3. The van der Waals surface area contributed by atoms with Crippen LogP contribution < -0.4 is 0 Å². The number of thiophene rings is 1. The summed E-state index contributed by atoms with van der Waals surface area (Å²) in [7, 11) is 1.95. The molecule has 2 nitrogen and oxygen atoms in total. The number of rotatable bonds is 5. The van der Waals surface area contributed by atoms with Gasteiger partial charge in [0, 0.05) is 17.8 Å². The maximum atomic E-state index is 11.2. The molecule has 0 saturated carbocycles. The van der Waals surface area contributed by atoms with E-state index in [4.69, 9.17) is 11.6 Å². The van der Waals surface area contributed by atoms with Crippen molar-refractivity contribution in [3.63, 3.8) is 0 Å². The lowest BCUT2D eigenvalue weighted by Crippen LogP contribution is -2.24. The average molecular weight is 232 g/mol. The van der Waals surface area contributed by atoms with Gasteiger partial charge in [-0.05, 0) is 19.2 Å². The molecule has 0 N–H and O–H groups in total. The summed E-state index contributed by atoms with van der Waals surface area (Å²) < 4.78 is 0.801. The van der Waals surface area contributed by atoms with E-state index >= 15 is 0 Å². The van der Waals surface area contributed by atoms with Crippen LogP contribution in [0.2, 0.25) is 4.34 Å². The van der Waals surface area contributed by atoms with E-state index in [9.17, 15) is 4.79 Å². The molecule has 0 radical (unpaired) electrons. The van der Waals surface area contributed by atoms with Gasteiger partial charge in [-0.1, -0.05) is 18.5 Å². The van der Waals surface area contributed by atoms with Crippen LogP contribution in [0.5, 0.6) is 0 Å². The zero-order valence-corrected chi connectivity index (χ0v) is 9.99. The summed E-state index contributed by atoms with van der Waals surface area (Å²) in [5, 5.41) is 0. The number of ketones is 1. The Balaban J connectivity index is 2.41. The van der Waals surface area contributed by atoms with Crippen LogP contribution in [0.3, 0.4) is 0 Å². The number of carbonyl (C=O) groups excluding carboxylic acids is 1. The Morgan fingerprint density at radius 1 is 1.57 bits per heavy atom. The highest BCUT2D eigenvalue weighted by Gasteiger charge is 2.06. The van der Waals surface area contributed by atoms with Gasteiger partial charge in [-0.2, -0.15) is 0 Å². The van der Waals surface area contributed by atoms with Gasteiger partial charge in [-0.3, -0.25) is 9.69 Å². The number of likely N-dealkylation sites (N-methyl/N-ethyl adjacent to an activating group) is 1. The minimum Gasteiger partial charge on any atom is -0.298 e. The summed E-state index contributed by atoms with van der Waals surface area (Å²) >= 11 is 7.37. The van der Waals surface area contributed by atoms with Crippen molar-refractivity contribution in [2.75, 3.05) is 13.6 Å². The monoisotopic (exact) mass is 231 g/mol. The molecule has 1 aromatic heterocycles. The first-order chi connectivity index (χ1) is 6.61. The van der Waals surface area contributed by atoms with Crippen molar-refractivity contribution in [3.05, 3.63) is 21.3 Å². The zero-order valence-electron chi connectivity index (χ0n) is 8.42. The van der Waals surface area contributed by atoms with E-state index in [0.717, 1.165) is 10.9 Å². The Bertz CT molecular complexity index is 311. The maximum absolute atomic E-state index is 11.2. The molecule has 0 aliphatic carbocycles. The number of halogens is 1. The van der Waals surface area contributed by atoms with Crippen molar-refractivity contribution in [2.24, 2.45) is 0 Å². The Morgan fingerprint density at radius 2 is 2.29 bits per heavy atom. The normalized spacial score (nSPS) is 10.9. The van der Waals surface area contributed by atoms with Crippen LogP contribution >= 0.6 is 22.9 Å². The molecule has 0 aromatic carbocycles. The molecule has 0 aliphatic heterocycles. The molecule has 78 valence electrons. The lowest BCUT2D eigenvalue weighted by atomic mass is 10.3. The van der Waals surface area contributed by atoms with Crippen molar-refractivity contribution in [1.82, 2.24) is 4.90 Å². The second kappa shape index (κ2) is 5.49. The highest BCUT2D eigenvalue weighted by atomic mass is 35.5. The summed E-state index contributed by atoms with van der Waals surface area (Å²) in [6.45, 7) is 3.20. The Hall–Kier alpha value is -0.380. The van der Waals surface area contributed by atoms with Crippen LogP contribution in [-0.4, -0.2) is 24.3 Å².